The lowest BCUT2D eigenvalue weighted by molar-refractivity contribution is 0.102. The zero-order valence-corrected chi connectivity index (χ0v) is 28.5. The van der Waals surface area contributed by atoms with Crippen LogP contribution in [0.3, 0.4) is 0 Å². The summed E-state index contributed by atoms with van der Waals surface area (Å²) < 4.78 is 38.5. The molecule has 1 fully saturated rings. The standard InChI is InChI=1S/C40H38FN5O5/c1-48-28-14-11-26(12-15-28)34-22-30(29-9-4-5-10-33(29)44-34)40(47)43-27-13-16-36(32(41)21-27)51-39-25-42-45-35-24-38(37(49-2)23-31(35)39)50-20-8-19-46-17-6-3-7-18-46/h4-5,9-16,21-25H,3,6-8,17-20H2,1-2H3,(H,43,47). The third kappa shape index (κ3) is 7.68. The Morgan fingerprint density at radius 1 is 0.824 bits per heavy atom. The van der Waals surface area contributed by atoms with Crippen molar-refractivity contribution in [2.75, 3.05) is 45.8 Å². The number of carbonyl (C=O) groups excluding carboxylic acids is 1. The Morgan fingerprint density at radius 2 is 1.65 bits per heavy atom. The first-order valence-corrected chi connectivity index (χ1v) is 17.0. The normalized spacial score (nSPS) is 13.2. The predicted octanol–water partition coefficient (Wildman–Crippen LogP) is 8.30. The highest BCUT2D eigenvalue weighted by Gasteiger charge is 2.18. The van der Waals surface area contributed by atoms with E-state index in [1.54, 1.807) is 38.5 Å². The van der Waals surface area contributed by atoms with Gasteiger partial charge in [-0.2, -0.15) is 10.2 Å². The molecule has 0 bridgehead atoms. The molecule has 51 heavy (non-hydrogen) atoms. The molecule has 3 heterocycles. The average Bonchev–Trinajstić information content (AvgIpc) is 3.17. The number of anilines is 1. The monoisotopic (exact) mass is 687 g/mol. The van der Waals surface area contributed by atoms with E-state index in [0.717, 1.165) is 31.6 Å². The Morgan fingerprint density at radius 3 is 2.43 bits per heavy atom. The number of pyridine rings is 1. The number of halogens is 1. The number of hydrogen-bond donors (Lipinski definition) is 1. The molecule has 0 aliphatic carbocycles. The molecule has 260 valence electrons. The highest BCUT2D eigenvalue weighted by molar-refractivity contribution is 6.13. The number of nitrogens with zero attached hydrogens (tertiary/aromatic N) is 4. The topological polar surface area (TPSA) is 108 Å². The molecule has 0 saturated carbocycles. The van der Waals surface area contributed by atoms with Crippen LogP contribution in [0.1, 0.15) is 36.0 Å². The van der Waals surface area contributed by atoms with E-state index in [4.69, 9.17) is 23.9 Å². The molecule has 1 saturated heterocycles. The fraction of sp³-hybridized carbons (Fsp3) is 0.250. The van der Waals surface area contributed by atoms with Crippen molar-refractivity contribution in [2.24, 2.45) is 0 Å². The highest BCUT2D eigenvalue weighted by atomic mass is 19.1. The van der Waals surface area contributed by atoms with E-state index >= 15 is 4.39 Å². The molecule has 1 aliphatic rings. The van der Waals surface area contributed by atoms with Crippen molar-refractivity contribution in [3.05, 3.63) is 103 Å². The van der Waals surface area contributed by atoms with Gasteiger partial charge in [-0.1, -0.05) is 24.6 Å². The van der Waals surface area contributed by atoms with Crippen LogP contribution in [0.15, 0.2) is 91.1 Å². The van der Waals surface area contributed by atoms with Crippen molar-refractivity contribution in [3.63, 3.8) is 0 Å². The van der Waals surface area contributed by atoms with Gasteiger partial charge in [0.25, 0.3) is 5.91 Å². The molecule has 0 radical (unpaired) electrons. The van der Waals surface area contributed by atoms with Crippen LogP contribution in [0, 0.1) is 5.82 Å². The summed E-state index contributed by atoms with van der Waals surface area (Å²) in [5, 5.41) is 12.4. The van der Waals surface area contributed by atoms with E-state index < -0.39 is 11.7 Å². The number of carbonyl (C=O) groups is 1. The van der Waals surface area contributed by atoms with Crippen molar-refractivity contribution in [3.8, 4) is 40.0 Å². The van der Waals surface area contributed by atoms with Crippen molar-refractivity contribution in [1.82, 2.24) is 20.1 Å². The number of piperidine rings is 1. The molecule has 0 atom stereocenters. The minimum Gasteiger partial charge on any atom is -0.497 e. The summed E-state index contributed by atoms with van der Waals surface area (Å²) in [6.07, 6.45) is 6.14. The fourth-order valence-corrected chi connectivity index (χ4v) is 6.30. The van der Waals surface area contributed by atoms with E-state index in [9.17, 15) is 4.79 Å². The van der Waals surface area contributed by atoms with Crippen LogP contribution < -0.4 is 24.3 Å². The summed E-state index contributed by atoms with van der Waals surface area (Å²) >= 11 is 0. The number of aromatic nitrogens is 3. The lowest BCUT2D eigenvalue weighted by atomic mass is 10.0. The zero-order valence-electron chi connectivity index (χ0n) is 28.5. The van der Waals surface area contributed by atoms with Gasteiger partial charge >= 0.3 is 0 Å². The minimum absolute atomic E-state index is 0.0459. The lowest BCUT2D eigenvalue weighted by Crippen LogP contribution is -2.31. The molecule has 1 amide bonds. The lowest BCUT2D eigenvalue weighted by Gasteiger charge is -2.26. The predicted molar refractivity (Wildman–Crippen MR) is 195 cm³/mol. The minimum atomic E-state index is -0.670. The van der Waals surface area contributed by atoms with Crippen molar-refractivity contribution in [1.29, 1.82) is 0 Å². The Balaban J connectivity index is 1.07. The maximum absolute atomic E-state index is 15.5. The maximum atomic E-state index is 15.5. The Hall–Kier alpha value is -5.81. The summed E-state index contributed by atoms with van der Waals surface area (Å²) in [4.78, 5) is 20.9. The molecule has 7 rings (SSSR count). The summed E-state index contributed by atoms with van der Waals surface area (Å²) in [6, 6.07) is 24.3. The molecule has 11 heteroatoms. The number of hydrogen-bond acceptors (Lipinski definition) is 9. The number of para-hydroxylation sites is 1. The number of benzene rings is 4. The van der Waals surface area contributed by atoms with Gasteiger partial charge < -0.3 is 29.2 Å². The van der Waals surface area contributed by atoms with Gasteiger partial charge in [0.1, 0.15) is 11.3 Å². The fourth-order valence-electron chi connectivity index (χ4n) is 6.30. The number of nitrogens with one attached hydrogen (secondary N) is 1. The van der Waals surface area contributed by atoms with Gasteiger partial charge in [-0.15, -0.1) is 0 Å². The van der Waals surface area contributed by atoms with Crippen molar-refractivity contribution in [2.45, 2.75) is 25.7 Å². The number of methoxy groups -OCH3 is 2. The number of fused-ring (bicyclic) bond motifs is 2. The van der Waals surface area contributed by atoms with Crippen LogP contribution in [0.4, 0.5) is 10.1 Å². The van der Waals surface area contributed by atoms with E-state index in [0.29, 0.717) is 62.7 Å². The van der Waals surface area contributed by atoms with Gasteiger partial charge in [-0.3, -0.25) is 4.79 Å². The number of ether oxygens (including phenoxy) is 4. The van der Waals surface area contributed by atoms with Crippen LogP contribution in [0.5, 0.6) is 28.7 Å². The smallest absolute Gasteiger partial charge is 0.256 e. The number of rotatable bonds is 12. The molecular formula is C40H38FN5O5. The molecule has 6 aromatic rings. The van der Waals surface area contributed by atoms with Gasteiger partial charge in [0.2, 0.25) is 0 Å². The number of amides is 1. The zero-order chi connectivity index (χ0) is 35.2. The second-order valence-electron chi connectivity index (χ2n) is 12.3. The van der Waals surface area contributed by atoms with E-state index in [1.807, 2.05) is 48.5 Å². The van der Waals surface area contributed by atoms with Crippen LogP contribution in [-0.2, 0) is 0 Å². The molecule has 10 nitrogen and oxygen atoms in total. The van der Waals surface area contributed by atoms with Crippen molar-refractivity contribution >= 4 is 33.4 Å². The number of likely N-dealkylation sites (tertiary alicyclic amines) is 1. The summed E-state index contributed by atoms with van der Waals surface area (Å²) in [5.74, 6) is 0.952. The molecule has 2 aromatic heterocycles. The maximum Gasteiger partial charge on any atom is 0.256 e. The summed E-state index contributed by atoms with van der Waals surface area (Å²) in [6.45, 7) is 3.82. The van der Waals surface area contributed by atoms with Crippen LogP contribution in [-0.4, -0.2) is 66.4 Å². The third-order valence-electron chi connectivity index (χ3n) is 8.97. The van der Waals surface area contributed by atoms with Crippen LogP contribution >= 0.6 is 0 Å². The van der Waals surface area contributed by atoms with Crippen LogP contribution in [0.2, 0.25) is 0 Å². The second-order valence-corrected chi connectivity index (χ2v) is 12.3. The van der Waals surface area contributed by atoms with Crippen molar-refractivity contribution < 1.29 is 28.1 Å². The third-order valence-corrected chi connectivity index (χ3v) is 8.97. The van der Waals surface area contributed by atoms with E-state index in [2.05, 4.69) is 20.4 Å². The molecule has 4 aromatic carbocycles. The van der Waals surface area contributed by atoms with Gasteiger partial charge in [0.15, 0.2) is 28.8 Å². The SMILES string of the molecule is COc1ccc(-c2cc(C(=O)Nc3ccc(Oc4cnnc5cc(OCCCN6CCCCC6)c(OC)cc45)c(F)c3)c3ccccc3n2)cc1. The van der Waals surface area contributed by atoms with Gasteiger partial charge in [-0.05, 0) is 86.9 Å². The van der Waals surface area contributed by atoms with E-state index in [-0.39, 0.29) is 11.4 Å². The first-order valence-electron chi connectivity index (χ1n) is 17.0. The first kappa shape index (κ1) is 33.7. The molecule has 0 spiro atoms. The highest BCUT2D eigenvalue weighted by Crippen LogP contribution is 2.38. The Bertz CT molecular complexity index is 2170. The molecule has 0 unspecified atom stereocenters. The Kier molecular flexibility index (Phi) is 10.2. The molecule has 1 aliphatic heterocycles. The molecular weight excluding hydrogens is 649 g/mol. The quantitative estimate of drug-likeness (QED) is 0.127. The van der Waals surface area contributed by atoms with Gasteiger partial charge in [0, 0.05) is 35.3 Å². The first-order chi connectivity index (χ1) is 25.0. The second kappa shape index (κ2) is 15.4. The van der Waals surface area contributed by atoms with E-state index in [1.165, 1.54) is 37.6 Å². The summed E-state index contributed by atoms with van der Waals surface area (Å²) in [5.41, 5.74) is 3.29. The van der Waals surface area contributed by atoms with Crippen LogP contribution in [0.25, 0.3) is 33.1 Å². The summed E-state index contributed by atoms with van der Waals surface area (Å²) in [7, 11) is 3.17. The average molecular weight is 688 g/mol. The van der Waals surface area contributed by atoms with Gasteiger partial charge in [0.05, 0.1) is 49.2 Å². The largest absolute Gasteiger partial charge is 0.497 e. The van der Waals surface area contributed by atoms with Gasteiger partial charge in [-0.25, -0.2) is 9.37 Å². The molecule has 1 N–H and O–H groups in total. The Labute approximate surface area is 295 Å².